The van der Waals surface area contributed by atoms with E-state index in [0.717, 1.165) is 19.4 Å². The van der Waals surface area contributed by atoms with E-state index in [2.05, 4.69) is 24.3 Å². The van der Waals surface area contributed by atoms with Gasteiger partial charge in [0.05, 0.1) is 0 Å². The number of nitrogens with two attached hydrogens (primary N) is 2. The minimum atomic E-state index is 0.0432. The summed E-state index contributed by atoms with van der Waals surface area (Å²) in [4.78, 5) is 15.1. The predicted molar refractivity (Wildman–Crippen MR) is 95.3 cm³/mol. The summed E-state index contributed by atoms with van der Waals surface area (Å²) in [6, 6.07) is 10.7. The lowest BCUT2D eigenvalue weighted by Gasteiger charge is -2.44. The molecule has 0 aromatic heterocycles. The van der Waals surface area contributed by atoms with Crippen LogP contribution in [-0.2, 0) is 4.79 Å². The molecule has 1 heterocycles. The highest BCUT2D eigenvalue weighted by molar-refractivity contribution is 5.79. The van der Waals surface area contributed by atoms with Gasteiger partial charge in [-0.1, -0.05) is 36.8 Å². The highest BCUT2D eigenvalue weighted by atomic mass is 16.2. The van der Waals surface area contributed by atoms with Crippen molar-refractivity contribution in [3.8, 4) is 0 Å². The molecule has 3 aliphatic rings. The lowest BCUT2D eigenvalue weighted by Crippen LogP contribution is -2.49. The van der Waals surface area contributed by atoms with Crippen LogP contribution in [0.5, 0.6) is 0 Å². The van der Waals surface area contributed by atoms with Crippen LogP contribution >= 0.6 is 0 Å². The summed E-state index contributed by atoms with van der Waals surface area (Å²) in [5.41, 5.74) is 14.0. The standard InChI is InChI=1S/C20H29N3O/c21-18-12-23(11-17(18)13-5-2-1-3-6-13)20(24)16-9-14-7-4-8-15(10-16)19(14)22/h1-3,5-6,14-19H,4,7-12,21-22H2/t14?,15?,16?,17-,18+,19?/m0/s1. The fourth-order valence-electron chi connectivity index (χ4n) is 5.31. The molecule has 130 valence electrons. The van der Waals surface area contributed by atoms with Gasteiger partial charge in [0.1, 0.15) is 0 Å². The number of likely N-dealkylation sites (tertiary alicyclic amines) is 1. The quantitative estimate of drug-likeness (QED) is 0.873. The number of carbonyl (C=O) groups excluding carboxylic acids is 1. The van der Waals surface area contributed by atoms with E-state index in [4.69, 9.17) is 11.5 Å². The number of hydrogen-bond donors (Lipinski definition) is 2. The summed E-state index contributed by atoms with van der Waals surface area (Å²) in [5, 5.41) is 0. The third-order valence-corrected chi connectivity index (χ3v) is 6.67. The third-order valence-electron chi connectivity index (χ3n) is 6.67. The van der Waals surface area contributed by atoms with Crippen LogP contribution in [0.4, 0.5) is 0 Å². The van der Waals surface area contributed by atoms with Gasteiger partial charge in [-0.3, -0.25) is 4.79 Å². The van der Waals surface area contributed by atoms with E-state index in [9.17, 15) is 4.79 Å². The van der Waals surface area contributed by atoms with Crippen LogP contribution in [0.3, 0.4) is 0 Å². The summed E-state index contributed by atoms with van der Waals surface area (Å²) in [6.07, 6.45) is 5.66. The third kappa shape index (κ3) is 2.86. The molecule has 4 rings (SSSR count). The average Bonchev–Trinajstić information content (AvgIpc) is 2.96. The van der Waals surface area contributed by atoms with E-state index >= 15 is 0 Å². The lowest BCUT2D eigenvalue weighted by atomic mass is 9.65. The first-order valence-electron chi connectivity index (χ1n) is 9.48. The molecule has 1 aliphatic heterocycles. The van der Waals surface area contributed by atoms with Gasteiger partial charge in [0.2, 0.25) is 5.91 Å². The second kappa shape index (κ2) is 6.49. The highest BCUT2D eigenvalue weighted by Gasteiger charge is 2.43. The van der Waals surface area contributed by atoms with Gasteiger partial charge in [-0.15, -0.1) is 0 Å². The van der Waals surface area contributed by atoms with Gasteiger partial charge >= 0.3 is 0 Å². The summed E-state index contributed by atoms with van der Waals surface area (Å²) in [6.45, 7) is 1.46. The number of nitrogens with zero attached hydrogens (tertiary/aromatic N) is 1. The molecule has 4 N–H and O–H groups in total. The molecule has 1 amide bonds. The van der Waals surface area contributed by atoms with Crippen molar-refractivity contribution < 1.29 is 4.79 Å². The van der Waals surface area contributed by atoms with Crippen LogP contribution in [0.25, 0.3) is 0 Å². The van der Waals surface area contributed by atoms with Gasteiger partial charge in [-0.25, -0.2) is 0 Å². The summed E-state index contributed by atoms with van der Waals surface area (Å²) in [5.74, 6) is 1.86. The molecule has 2 unspecified atom stereocenters. The Labute approximate surface area is 144 Å². The zero-order chi connectivity index (χ0) is 16.7. The minimum Gasteiger partial charge on any atom is -0.340 e. The van der Waals surface area contributed by atoms with Crippen LogP contribution in [0.1, 0.15) is 43.6 Å². The molecule has 2 aliphatic carbocycles. The van der Waals surface area contributed by atoms with Crippen LogP contribution < -0.4 is 11.5 Å². The second-order valence-electron chi connectivity index (χ2n) is 8.12. The normalized spacial score (nSPS) is 39.0. The van der Waals surface area contributed by atoms with Crippen LogP contribution in [0, 0.1) is 17.8 Å². The Morgan fingerprint density at radius 1 is 1.00 bits per heavy atom. The Morgan fingerprint density at radius 3 is 2.33 bits per heavy atom. The fraction of sp³-hybridized carbons (Fsp3) is 0.650. The average molecular weight is 327 g/mol. The van der Waals surface area contributed by atoms with Crippen molar-refractivity contribution in [1.29, 1.82) is 0 Å². The highest BCUT2D eigenvalue weighted by Crippen LogP contribution is 2.43. The van der Waals surface area contributed by atoms with Crippen molar-refractivity contribution in [2.24, 2.45) is 29.2 Å². The van der Waals surface area contributed by atoms with Gasteiger partial charge in [0.15, 0.2) is 0 Å². The molecule has 0 spiro atoms. The summed E-state index contributed by atoms with van der Waals surface area (Å²) < 4.78 is 0. The number of rotatable bonds is 2. The molecule has 24 heavy (non-hydrogen) atoms. The van der Waals surface area contributed by atoms with Crippen molar-refractivity contribution in [2.45, 2.75) is 50.1 Å². The Bertz CT molecular complexity index is 576. The molecule has 1 aromatic carbocycles. The molecule has 3 fully saturated rings. The van der Waals surface area contributed by atoms with E-state index in [1.165, 1.54) is 24.8 Å². The molecule has 0 radical (unpaired) electrons. The Balaban J connectivity index is 1.44. The summed E-state index contributed by atoms with van der Waals surface area (Å²) in [7, 11) is 0. The van der Waals surface area contributed by atoms with Gasteiger partial charge in [-0.05, 0) is 43.1 Å². The number of hydrogen-bond acceptors (Lipinski definition) is 3. The number of carbonyl (C=O) groups is 1. The van der Waals surface area contributed by atoms with Crippen molar-refractivity contribution in [3.05, 3.63) is 35.9 Å². The van der Waals surface area contributed by atoms with E-state index in [1.54, 1.807) is 0 Å². The van der Waals surface area contributed by atoms with E-state index in [0.29, 0.717) is 30.3 Å². The molecule has 4 atom stereocenters. The Morgan fingerprint density at radius 2 is 1.67 bits per heavy atom. The maximum absolute atomic E-state index is 13.1. The topological polar surface area (TPSA) is 72.4 Å². The van der Waals surface area contributed by atoms with Gasteiger partial charge in [0.25, 0.3) is 0 Å². The zero-order valence-corrected chi connectivity index (χ0v) is 14.3. The van der Waals surface area contributed by atoms with Crippen LogP contribution in [0.2, 0.25) is 0 Å². The molecule has 2 saturated carbocycles. The first kappa shape index (κ1) is 16.1. The van der Waals surface area contributed by atoms with Crippen molar-refractivity contribution in [2.75, 3.05) is 13.1 Å². The lowest BCUT2D eigenvalue weighted by molar-refractivity contribution is -0.137. The largest absolute Gasteiger partial charge is 0.340 e. The van der Waals surface area contributed by atoms with Gasteiger partial charge in [0, 0.05) is 37.0 Å². The predicted octanol–water partition coefficient (Wildman–Crippen LogP) is 2.09. The number of amides is 1. The smallest absolute Gasteiger partial charge is 0.225 e. The van der Waals surface area contributed by atoms with Crippen molar-refractivity contribution >= 4 is 5.91 Å². The maximum atomic E-state index is 13.1. The van der Waals surface area contributed by atoms with Crippen molar-refractivity contribution in [3.63, 3.8) is 0 Å². The minimum absolute atomic E-state index is 0.0432. The first-order chi connectivity index (χ1) is 11.6. The van der Waals surface area contributed by atoms with Crippen LogP contribution in [0.15, 0.2) is 30.3 Å². The SMILES string of the molecule is NC1C2CCCC1CC(C(=O)N1C[C@@H](N)[C@H](c3ccccc3)C1)C2. The van der Waals surface area contributed by atoms with Gasteiger partial charge in [-0.2, -0.15) is 0 Å². The Hall–Kier alpha value is -1.39. The second-order valence-corrected chi connectivity index (χ2v) is 8.12. The van der Waals surface area contributed by atoms with E-state index in [-0.39, 0.29) is 17.9 Å². The van der Waals surface area contributed by atoms with Crippen molar-refractivity contribution in [1.82, 2.24) is 4.90 Å². The van der Waals surface area contributed by atoms with E-state index in [1.807, 2.05) is 11.0 Å². The maximum Gasteiger partial charge on any atom is 0.225 e. The molecule has 1 aromatic rings. The monoisotopic (exact) mass is 327 g/mol. The molecule has 4 nitrogen and oxygen atoms in total. The zero-order valence-electron chi connectivity index (χ0n) is 14.3. The fourth-order valence-corrected chi connectivity index (χ4v) is 5.31. The molecule has 2 bridgehead atoms. The Kier molecular flexibility index (Phi) is 4.35. The molecular weight excluding hydrogens is 298 g/mol. The van der Waals surface area contributed by atoms with E-state index < -0.39 is 0 Å². The first-order valence-corrected chi connectivity index (χ1v) is 9.48. The number of benzene rings is 1. The van der Waals surface area contributed by atoms with Gasteiger partial charge < -0.3 is 16.4 Å². The summed E-state index contributed by atoms with van der Waals surface area (Å²) >= 11 is 0. The number of fused-ring (bicyclic) bond motifs is 2. The van der Waals surface area contributed by atoms with Crippen LogP contribution in [-0.4, -0.2) is 36.0 Å². The molecule has 4 heteroatoms. The molecular formula is C20H29N3O. The molecule has 1 saturated heterocycles.